The van der Waals surface area contributed by atoms with Gasteiger partial charge in [0.2, 0.25) is 0 Å². The van der Waals surface area contributed by atoms with E-state index in [9.17, 15) is 0 Å². The van der Waals surface area contributed by atoms with Crippen LogP contribution in [-0.4, -0.2) is 49.6 Å². The number of rotatable bonds is 5. The third-order valence-corrected chi connectivity index (χ3v) is 4.95. The van der Waals surface area contributed by atoms with Crippen LogP contribution in [0, 0.1) is 0 Å². The standard InChI is InChI=1S/C16H24Cl2N2/c1-19(12-14-5-3-4-9-20(14)2)10-8-13-6-7-15(17)16(18)11-13/h6-7,11,14H,3-5,8-10,12H2,1-2H3/t14-/m0/s1. The zero-order valence-electron chi connectivity index (χ0n) is 12.4. The Labute approximate surface area is 132 Å². The van der Waals surface area contributed by atoms with E-state index >= 15 is 0 Å². The first-order valence-corrected chi connectivity index (χ1v) is 8.14. The van der Waals surface area contributed by atoms with Crippen molar-refractivity contribution in [3.8, 4) is 0 Å². The molecule has 1 aliphatic rings. The van der Waals surface area contributed by atoms with Gasteiger partial charge in [-0.15, -0.1) is 0 Å². The highest BCUT2D eigenvalue weighted by molar-refractivity contribution is 6.42. The predicted octanol–water partition coefficient (Wildman–Crippen LogP) is 3.95. The topological polar surface area (TPSA) is 6.48 Å². The lowest BCUT2D eigenvalue weighted by Gasteiger charge is -2.35. The van der Waals surface area contributed by atoms with E-state index in [1.807, 2.05) is 12.1 Å². The van der Waals surface area contributed by atoms with Crippen molar-refractivity contribution in [1.29, 1.82) is 0 Å². The highest BCUT2D eigenvalue weighted by Crippen LogP contribution is 2.23. The summed E-state index contributed by atoms with van der Waals surface area (Å²) in [5.41, 5.74) is 1.25. The Balaban J connectivity index is 1.79. The van der Waals surface area contributed by atoms with Crippen molar-refractivity contribution in [3.05, 3.63) is 33.8 Å². The number of hydrogen-bond donors (Lipinski definition) is 0. The van der Waals surface area contributed by atoms with Gasteiger partial charge in [0.1, 0.15) is 0 Å². The molecule has 1 atom stereocenters. The fourth-order valence-electron chi connectivity index (χ4n) is 2.84. The quantitative estimate of drug-likeness (QED) is 0.812. The smallest absolute Gasteiger partial charge is 0.0595 e. The predicted molar refractivity (Wildman–Crippen MR) is 87.9 cm³/mol. The van der Waals surface area contributed by atoms with Crippen LogP contribution in [0.5, 0.6) is 0 Å². The van der Waals surface area contributed by atoms with Crippen LogP contribution in [0.3, 0.4) is 0 Å². The van der Waals surface area contributed by atoms with Crippen molar-refractivity contribution in [3.63, 3.8) is 0 Å². The number of piperidine rings is 1. The fourth-order valence-corrected chi connectivity index (χ4v) is 3.16. The fraction of sp³-hybridized carbons (Fsp3) is 0.625. The molecule has 0 unspecified atom stereocenters. The van der Waals surface area contributed by atoms with Gasteiger partial charge in [0.25, 0.3) is 0 Å². The molecule has 1 aromatic carbocycles. The average molecular weight is 315 g/mol. The van der Waals surface area contributed by atoms with Crippen LogP contribution in [0.2, 0.25) is 10.0 Å². The summed E-state index contributed by atoms with van der Waals surface area (Å²) in [7, 11) is 4.45. The third-order valence-electron chi connectivity index (χ3n) is 4.21. The minimum absolute atomic E-state index is 0.632. The molecular weight excluding hydrogens is 291 g/mol. The second-order valence-electron chi connectivity index (χ2n) is 5.89. The minimum Gasteiger partial charge on any atom is -0.304 e. The van der Waals surface area contributed by atoms with Gasteiger partial charge in [-0.05, 0) is 57.6 Å². The second-order valence-corrected chi connectivity index (χ2v) is 6.71. The zero-order chi connectivity index (χ0) is 14.5. The molecule has 2 nitrogen and oxygen atoms in total. The molecule has 0 amide bonds. The number of halogens is 2. The van der Waals surface area contributed by atoms with Crippen molar-refractivity contribution in [2.45, 2.75) is 31.7 Å². The van der Waals surface area contributed by atoms with Gasteiger partial charge in [-0.25, -0.2) is 0 Å². The Morgan fingerprint density at radius 2 is 2.05 bits per heavy atom. The van der Waals surface area contributed by atoms with E-state index in [-0.39, 0.29) is 0 Å². The highest BCUT2D eigenvalue weighted by atomic mass is 35.5. The van der Waals surface area contributed by atoms with E-state index in [0.29, 0.717) is 16.1 Å². The summed E-state index contributed by atoms with van der Waals surface area (Å²) in [5, 5.41) is 1.28. The van der Waals surface area contributed by atoms with Gasteiger partial charge in [0.05, 0.1) is 10.0 Å². The van der Waals surface area contributed by atoms with Gasteiger partial charge >= 0.3 is 0 Å². The lowest BCUT2D eigenvalue weighted by molar-refractivity contribution is 0.142. The third kappa shape index (κ3) is 4.63. The summed E-state index contributed by atoms with van der Waals surface area (Å²) in [6.07, 6.45) is 5.06. The summed E-state index contributed by atoms with van der Waals surface area (Å²) in [6.45, 7) is 3.45. The number of hydrogen-bond acceptors (Lipinski definition) is 2. The van der Waals surface area contributed by atoms with Gasteiger partial charge in [-0.2, -0.15) is 0 Å². The molecule has 0 spiro atoms. The van der Waals surface area contributed by atoms with Gasteiger partial charge in [-0.3, -0.25) is 0 Å². The maximum Gasteiger partial charge on any atom is 0.0595 e. The van der Waals surface area contributed by atoms with Gasteiger partial charge in [0, 0.05) is 19.1 Å². The molecule has 0 bridgehead atoms. The van der Waals surface area contributed by atoms with E-state index in [0.717, 1.165) is 19.5 Å². The molecule has 0 aromatic heterocycles. The van der Waals surface area contributed by atoms with E-state index in [1.165, 1.54) is 31.4 Å². The lowest BCUT2D eigenvalue weighted by atomic mass is 10.0. The number of benzene rings is 1. The molecular formula is C16H24Cl2N2. The molecule has 112 valence electrons. The van der Waals surface area contributed by atoms with Crippen molar-refractivity contribution in [1.82, 2.24) is 9.80 Å². The van der Waals surface area contributed by atoms with E-state index < -0.39 is 0 Å². The molecule has 0 saturated carbocycles. The zero-order valence-corrected chi connectivity index (χ0v) is 13.9. The summed E-state index contributed by atoms with van der Waals surface area (Å²) in [5.74, 6) is 0. The molecule has 1 heterocycles. The minimum atomic E-state index is 0.632. The van der Waals surface area contributed by atoms with Crippen LogP contribution in [0.25, 0.3) is 0 Å². The van der Waals surface area contributed by atoms with E-state index in [2.05, 4.69) is 30.0 Å². The van der Waals surface area contributed by atoms with Crippen LogP contribution in [-0.2, 0) is 6.42 Å². The Bertz CT molecular complexity index is 436. The highest BCUT2D eigenvalue weighted by Gasteiger charge is 2.19. The molecule has 0 radical (unpaired) electrons. The SMILES string of the molecule is CN(CCc1ccc(Cl)c(Cl)c1)C[C@@H]1CCCCN1C. The van der Waals surface area contributed by atoms with Gasteiger partial charge in [0.15, 0.2) is 0 Å². The number of nitrogens with zero attached hydrogens (tertiary/aromatic N) is 2. The Morgan fingerprint density at radius 3 is 2.75 bits per heavy atom. The molecule has 0 aliphatic carbocycles. The molecule has 4 heteroatoms. The van der Waals surface area contributed by atoms with Crippen molar-refractivity contribution in [2.75, 3.05) is 33.7 Å². The Morgan fingerprint density at radius 1 is 1.25 bits per heavy atom. The largest absolute Gasteiger partial charge is 0.304 e. The first-order valence-electron chi connectivity index (χ1n) is 7.39. The van der Waals surface area contributed by atoms with Crippen molar-refractivity contribution < 1.29 is 0 Å². The van der Waals surface area contributed by atoms with Crippen LogP contribution < -0.4 is 0 Å². The molecule has 0 N–H and O–H groups in total. The van der Waals surface area contributed by atoms with Gasteiger partial charge < -0.3 is 9.80 Å². The molecule has 1 saturated heterocycles. The van der Waals surface area contributed by atoms with Crippen LogP contribution in [0.4, 0.5) is 0 Å². The van der Waals surface area contributed by atoms with Crippen LogP contribution in [0.1, 0.15) is 24.8 Å². The summed E-state index contributed by atoms with van der Waals surface area (Å²) >= 11 is 12.0. The normalized spacial score (nSPS) is 20.6. The number of likely N-dealkylation sites (N-methyl/N-ethyl adjacent to an activating group) is 2. The second kappa shape index (κ2) is 7.65. The average Bonchev–Trinajstić information content (AvgIpc) is 2.43. The Hall–Kier alpha value is -0.280. The summed E-state index contributed by atoms with van der Waals surface area (Å²) < 4.78 is 0. The lowest BCUT2D eigenvalue weighted by Crippen LogP contribution is -2.44. The maximum absolute atomic E-state index is 6.05. The summed E-state index contributed by atoms with van der Waals surface area (Å²) in [6, 6.07) is 6.63. The van der Waals surface area contributed by atoms with Crippen LogP contribution in [0.15, 0.2) is 18.2 Å². The first kappa shape index (κ1) is 16.1. The maximum atomic E-state index is 6.05. The molecule has 1 aliphatic heterocycles. The van der Waals surface area contributed by atoms with Crippen LogP contribution >= 0.6 is 23.2 Å². The Kier molecular flexibility index (Phi) is 6.16. The van der Waals surface area contributed by atoms with Crippen molar-refractivity contribution in [2.24, 2.45) is 0 Å². The molecule has 2 rings (SSSR count). The summed E-state index contributed by atoms with van der Waals surface area (Å²) in [4.78, 5) is 4.92. The van der Waals surface area contributed by atoms with Crippen molar-refractivity contribution >= 4 is 23.2 Å². The van der Waals surface area contributed by atoms with E-state index in [4.69, 9.17) is 23.2 Å². The molecule has 20 heavy (non-hydrogen) atoms. The number of likely N-dealkylation sites (tertiary alicyclic amines) is 1. The molecule has 1 aromatic rings. The molecule has 1 fully saturated rings. The van der Waals surface area contributed by atoms with Gasteiger partial charge in [-0.1, -0.05) is 35.7 Å². The first-order chi connectivity index (χ1) is 9.56. The van der Waals surface area contributed by atoms with E-state index in [1.54, 1.807) is 0 Å². The monoisotopic (exact) mass is 314 g/mol.